The first-order chi connectivity index (χ1) is 9.67. The van der Waals surface area contributed by atoms with Gasteiger partial charge in [-0.2, -0.15) is 0 Å². The summed E-state index contributed by atoms with van der Waals surface area (Å²) >= 11 is 3.52. The van der Waals surface area contributed by atoms with Gasteiger partial charge in [0.05, 0.1) is 18.9 Å². The molecule has 6 heteroatoms. The van der Waals surface area contributed by atoms with Crippen molar-refractivity contribution in [3.8, 4) is 5.75 Å². The first-order valence-electron chi connectivity index (χ1n) is 6.57. The van der Waals surface area contributed by atoms with E-state index < -0.39 is 0 Å². The Kier molecular flexibility index (Phi) is 3.76. The fraction of sp³-hybridized carbons (Fsp3) is 0.429. The smallest absolute Gasteiger partial charge is 0.223 e. The second-order valence-electron chi connectivity index (χ2n) is 4.79. The minimum Gasteiger partial charge on any atom is -0.486 e. The number of benzene rings is 1. The standard InChI is InChI=1S/C14H16BrN3O2/c1-8-11-5-9(15)6-12(20-10-3-4-19-7-10)13(11)18-14(16-2)17-8/h5-6,10H,3-4,7H2,1-2H3,(H,16,17,18)/t10-/m1/s1. The van der Waals surface area contributed by atoms with Crippen LogP contribution in [-0.4, -0.2) is 36.3 Å². The normalized spacial score (nSPS) is 18.4. The van der Waals surface area contributed by atoms with Gasteiger partial charge in [-0.3, -0.25) is 0 Å². The van der Waals surface area contributed by atoms with Gasteiger partial charge in [0.15, 0.2) is 0 Å². The van der Waals surface area contributed by atoms with Crippen molar-refractivity contribution in [2.24, 2.45) is 0 Å². The third-order valence-electron chi connectivity index (χ3n) is 3.33. The van der Waals surface area contributed by atoms with Crippen LogP contribution in [0.2, 0.25) is 0 Å². The second-order valence-corrected chi connectivity index (χ2v) is 5.70. The Hall–Kier alpha value is -1.40. The van der Waals surface area contributed by atoms with Gasteiger partial charge in [-0.15, -0.1) is 0 Å². The molecule has 20 heavy (non-hydrogen) atoms. The molecule has 0 aliphatic carbocycles. The lowest BCUT2D eigenvalue weighted by molar-refractivity contribution is 0.142. The van der Waals surface area contributed by atoms with Crippen molar-refractivity contribution in [2.75, 3.05) is 25.6 Å². The minimum atomic E-state index is 0.0980. The number of nitrogens with zero attached hydrogens (tertiary/aromatic N) is 2. The molecule has 0 saturated carbocycles. The van der Waals surface area contributed by atoms with Crippen molar-refractivity contribution in [1.29, 1.82) is 0 Å². The molecule has 1 saturated heterocycles. The minimum absolute atomic E-state index is 0.0980. The molecule has 1 aromatic heterocycles. The van der Waals surface area contributed by atoms with Gasteiger partial charge in [0.2, 0.25) is 5.95 Å². The van der Waals surface area contributed by atoms with Gasteiger partial charge in [-0.1, -0.05) is 15.9 Å². The van der Waals surface area contributed by atoms with Crippen LogP contribution in [-0.2, 0) is 4.74 Å². The number of fused-ring (bicyclic) bond motifs is 1. The summed E-state index contributed by atoms with van der Waals surface area (Å²) in [7, 11) is 1.81. The van der Waals surface area contributed by atoms with Crippen molar-refractivity contribution >= 4 is 32.8 Å². The molecular formula is C14H16BrN3O2. The highest BCUT2D eigenvalue weighted by Gasteiger charge is 2.20. The molecule has 0 spiro atoms. The number of aryl methyl sites for hydroxylation is 1. The van der Waals surface area contributed by atoms with Gasteiger partial charge in [0, 0.05) is 23.3 Å². The predicted molar refractivity (Wildman–Crippen MR) is 81.4 cm³/mol. The fourth-order valence-corrected chi connectivity index (χ4v) is 2.74. The van der Waals surface area contributed by atoms with Gasteiger partial charge in [0.25, 0.3) is 0 Å². The van der Waals surface area contributed by atoms with Crippen LogP contribution in [0, 0.1) is 6.92 Å². The van der Waals surface area contributed by atoms with Crippen LogP contribution in [0.15, 0.2) is 16.6 Å². The molecule has 1 atom stereocenters. The average molecular weight is 338 g/mol. The van der Waals surface area contributed by atoms with E-state index in [1.165, 1.54) is 0 Å². The van der Waals surface area contributed by atoms with E-state index in [1.807, 2.05) is 26.1 Å². The van der Waals surface area contributed by atoms with Crippen LogP contribution in [0.5, 0.6) is 5.75 Å². The van der Waals surface area contributed by atoms with E-state index in [0.717, 1.165) is 39.8 Å². The molecule has 1 N–H and O–H groups in total. The Balaban J connectivity index is 2.10. The molecule has 0 amide bonds. The maximum absolute atomic E-state index is 6.05. The monoisotopic (exact) mass is 337 g/mol. The molecule has 1 fully saturated rings. The molecule has 2 heterocycles. The fourth-order valence-electron chi connectivity index (χ4n) is 2.30. The highest BCUT2D eigenvalue weighted by molar-refractivity contribution is 9.10. The Bertz CT molecular complexity index is 642. The number of hydrogen-bond acceptors (Lipinski definition) is 5. The summed E-state index contributed by atoms with van der Waals surface area (Å²) in [4.78, 5) is 8.94. The number of hydrogen-bond donors (Lipinski definition) is 1. The SMILES string of the molecule is CNc1nc(C)c2cc(Br)cc(O[C@@H]3CCOC3)c2n1. The van der Waals surface area contributed by atoms with Crippen molar-refractivity contribution in [3.63, 3.8) is 0 Å². The number of nitrogens with one attached hydrogen (secondary N) is 1. The van der Waals surface area contributed by atoms with Crippen molar-refractivity contribution in [2.45, 2.75) is 19.4 Å². The van der Waals surface area contributed by atoms with Crippen LogP contribution in [0.1, 0.15) is 12.1 Å². The third-order valence-corrected chi connectivity index (χ3v) is 3.78. The highest BCUT2D eigenvalue weighted by atomic mass is 79.9. The molecule has 5 nitrogen and oxygen atoms in total. The van der Waals surface area contributed by atoms with Crippen LogP contribution < -0.4 is 10.1 Å². The Morgan fingerprint density at radius 2 is 2.25 bits per heavy atom. The van der Waals surface area contributed by atoms with Gasteiger partial charge in [-0.05, 0) is 19.1 Å². The van der Waals surface area contributed by atoms with Gasteiger partial charge in [-0.25, -0.2) is 9.97 Å². The lowest BCUT2D eigenvalue weighted by Gasteiger charge is -2.15. The zero-order chi connectivity index (χ0) is 14.1. The molecule has 0 bridgehead atoms. The maximum Gasteiger partial charge on any atom is 0.223 e. The van der Waals surface area contributed by atoms with E-state index >= 15 is 0 Å². The zero-order valence-electron chi connectivity index (χ0n) is 11.4. The van der Waals surface area contributed by atoms with Crippen LogP contribution in [0.3, 0.4) is 0 Å². The Labute approximate surface area is 125 Å². The summed E-state index contributed by atoms with van der Waals surface area (Å²) in [5, 5.41) is 3.97. The van der Waals surface area contributed by atoms with Crippen LogP contribution >= 0.6 is 15.9 Å². The summed E-state index contributed by atoms with van der Waals surface area (Å²) in [5.74, 6) is 1.37. The number of rotatable bonds is 3. The number of ether oxygens (including phenoxy) is 2. The first-order valence-corrected chi connectivity index (χ1v) is 7.36. The molecule has 1 aliphatic heterocycles. The quantitative estimate of drug-likeness (QED) is 0.933. The summed E-state index contributed by atoms with van der Waals surface area (Å²) in [6.45, 7) is 3.36. The van der Waals surface area contributed by atoms with Gasteiger partial charge >= 0.3 is 0 Å². The van der Waals surface area contributed by atoms with E-state index in [0.29, 0.717) is 12.6 Å². The van der Waals surface area contributed by atoms with Gasteiger partial charge in [0.1, 0.15) is 17.4 Å². The lowest BCUT2D eigenvalue weighted by atomic mass is 10.2. The van der Waals surface area contributed by atoms with Crippen molar-refractivity contribution in [1.82, 2.24) is 9.97 Å². The predicted octanol–water partition coefficient (Wildman–Crippen LogP) is 2.91. The van der Waals surface area contributed by atoms with Crippen LogP contribution in [0.4, 0.5) is 5.95 Å². The van der Waals surface area contributed by atoms with Gasteiger partial charge < -0.3 is 14.8 Å². The second kappa shape index (κ2) is 5.54. The maximum atomic E-state index is 6.05. The topological polar surface area (TPSA) is 56.3 Å². The van der Waals surface area contributed by atoms with E-state index in [2.05, 4.69) is 31.2 Å². The summed E-state index contributed by atoms with van der Waals surface area (Å²) in [5.41, 5.74) is 1.75. The van der Waals surface area contributed by atoms with Crippen LogP contribution in [0.25, 0.3) is 10.9 Å². The first kappa shape index (κ1) is 13.6. The third kappa shape index (κ3) is 2.58. The molecule has 1 aromatic carbocycles. The Morgan fingerprint density at radius 3 is 2.95 bits per heavy atom. The van der Waals surface area contributed by atoms with Crippen molar-refractivity contribution < 1.29 is 9.47 Å². The summed E-state index contributed by atoms with van der Waals surface area (Å²) in [6.07, 6.45) is 1.01. The molecule has 1 aliphatic rings. The number of halogens is 1. The highest BCUT2D eigenvalue weighted by Crippen LogP contribution is 2.32. The van der Waals surface area contributed by atoms with E-state index in [4.69, 9.17) is 9.47 Å². The average Bonchev–Trinajstić information content (AvgIpc) is 2.92. The molecule has 3 rings (SSSR count). The number of anilines is 1. The molecule has 2 aromatic rings. The van der Waals surface area contributed by atoms with E-state index in [1.54, 1.807) is 0 Å². The van der Waals surface area contributed by atoms with Crippen molar-refractivity contribution in [3.05, 3.63) is 22.3 Å². The molecule has 0 radical (unpaired) electrons. The lowest BCUT2D eigenvalue weighted by Crippen LogP contribution is -2.16. The summed E-state index contributed by atoms with van der Waals surface area (Å²) < 4.78 is 12.4. The zero-order valence-corrected chi connectivity index (χ0v) is 13.0. The van der Waals surface area contributed by atoms with E-state index in [9.17, 15) is 0 Å². The Morgan fingerprint density at radius 1 is 1.40 bits per heavy atom. The van der Waals surface area contributed by atoms with E-state index in [-0.39, 0.29) is 6.10 Å². The molecule has 106 valence electrons. The summed E-state index contributed by atoms with van der Waals surface area (Å²) in [6, 6.07) is 3.97. The number of aromatic nitrogens is 2. The molecular weight excluding hydrogens is 322 g/mol. The largest absolute Gasteiger partial charge is 0.486 e. The molecule has 0 unspecified atom stereocenters.